The van der Waals surface area contributed by atoms with E-state index in [0.29, 0.717) is 5.56 Å². The maximum atomic E-state index is 13.3. The normalized spacial score (nSPS) is 10.7. The van der Waals surface area contributed by atoms with Crippen molar-refractivity contribution in [1.82, 2.24) is 9.78 Å². The smallest absolute Gasteiger partial charge is 0.163 e. The number of carbonyl (C=O) groups is 1. The van der Waals surface area contributed by atoms with Gasteiger partial charge in [-0.15, -0.1) is 0 Å². The largest absolute Gasteiger partial charge is 0.486 e. The predicted octanol–water partition coefficient (Wildman–Crippen LogP) is 3.39. The van der Waals surface area contributed by atoms with Gasteiger partial charge >= 0.3 is 0 Å². The lowest BCUT2D eigenvalue weighted by Gasteiger charge is -2.10. The molecule has 0 atom stereocenters. The molecule has 2 rings (SSSR count). The fourth-order valence-electron chi connectivity index (χ4n) is 2.14. The zero-order valence-electron chi connectivity index (χ0n) is 12.5. The Morgan fingerprint density at radius 3 is 2.71 bits per heavy atom. The number of aromatic nitrogens is 2. The molecule has 0 aliphatic heterocycles. The topological polar surface area (TPSA) is 44.1 Å². The number of hydrogen-bond donors (Lipinski definition) is 0. The van der Waals surface area contributed by atoms with Crippen molar-refractivity contribution in [2.24, 2.45) is 0 Å². The average Bonchev–Trinajstić information content (AvgIpc) is 2.87. The Morgan fingerprint density at radius 1 is 1.33 bits per heavy atom. The molecule has 0 N–H and O–H groups in total. The Morgan fingerprint density at radius 2 is 2.10 bits per heavy atom. The van der Waals surface area contributed by atoms with Gasteiger partial charge in [-0.25, -0.2) is 4.39 Å². The van der Waals surface area contributed by atoms with E-state index in [1.807, 2.05) is 24.6 Å². The number of rotatable bonds is 6. The lowest BCUT2D eigenvalue weighted by atomic mass is 10.1. The third-order valence-electron chi connectivity index (χ3n) is 3.27. The van der Waals surface area contributed by atoms with Crippen LogP contribution in [0.25, 0.3) is 0 Å². The highest BCUT2D eigenvalue weighted by atomic mass is 19.1. The molecule has 21 heavy (non-hydrogen) atoms. The Kier molecular flexibility index (Phi) is 4.73. The summed E-state index contributed by atoms with van der Waals surface area (Å²) >= 11 is 0. The number of halogens is 1. The first-order valence-electron chi connectivity index (χ1n) is 7.04. The van der Waals surface area contributed by atoms with Gasteiger partial charge in [-0.2, -0.15) is 5.10 Å². The van der Waals surface area contributed by atoms with Gasteiger partial charge in [0.05, 0.1) is 17.0 Å². The molecule has 5 heteroatoms. The van der Waals surface area contributed by atoms with Crippen molar-refractivity contribution < 1.29 is 13.9 Å². The van der Waals surface area contributed by atoms with Gasteiger partial charge < -0.3 is 4.74 Å². The highest BCUT2D eigenvalue weighted by Gasteiger charge is 2.12. The van der Waals surface area contributed by atoms with Crippen LogP contribution >= 0.6 is 0 Å². The molecule has 0 saturated heterocycles. The molecular weight excluding hydrogens is 271 g/mol. The molecule has 1 heterocycles. The zero-order chi connectivity index (χ0) is 15.4. The van der Waals surface area contributed by atoms with Gasteiger partial charge in [0.25, 0.3) is 0 Å². The van der Waals surface area contributed by atoms with Gasteiger partial charge in [-0.3, -0.25) is 9.48 Å². The average molecular weight is 290 g/mol. The fraction of sp³-hybridized carbons (Fsp3) is 0.375. The van der Waals surface area contributed by atoms with Crippen LogP contribution in [0.5, 0.6) is 5.75 Å². The van der Waals surface area contributed by atoms with E-state index in [1.165, 1.54) is 25.1 Å². The third kappa shape index (κ3) is 3.48. The van der Waals surface area contributed by atoms with E-state index in [-0.39, 0.29) is 18.1 Å². The molecule has 0 amide bonds. The summed E-state index contributed by atoms with van der Waals surface area (Å²) in [6.07, 6.45) is 0.846. The zero-order valence-corrected chi connectivity index (χ0v) is 12.5. The molecule has 0 saturated carbocycles. The van der Waals surface area contributed by atoms with Gasteiger partial charge in [0.15, 0.2) is 5.78 Å². The van der Waals surface area contributed by atoms with Gasteiger partial charge in [0.2, 0.25) is 0 Å². The number of carbonyl (C=O) groups excluding carboxylic acids is 1. The Balaban J connectivity index is 2.21. The molecular formula is C16H19FN2O2. The highest BCUT2D eigenvalue weighted by Crippen LogP contribution is 2.22. The lowest BCUT2D eigenvalue weighted by Crippen LogP contribution is -2.08. The first-order valence-corrected chi connectivity index (χ1v) is 7.04. The van der Waals surface area contributed by atoms with E-state index in [2.05, 4.69) is 5.10 Å². The van der Waals surface area contributed by atoms with Crippen molar-refractivity contribution in [3.63, 3.8) is 0 Å². The van der Waals surface area contributed by atoms with Crippen LogP contribution in [-0.4, -0.2) is 15.6 Å². The summed E-state index contributed by atoms with van der Waals surface area (Å²) < 4.78 is 20.8. The Labute approximate surface area is 123 Å². The predicted molar refractivity (Wildman–Crippen MR) is 78.0 cm³/mol. The summed E-state index contributed by atoms with van der Waals surface area (Å²) in [6.45, 7) is 6.46. The second-order valence-electron chi connectivity index (χ2n) is 4.78. The van der Waals surface area contributed by atoms with Crippen molar-refractivity contribution >= 4 is 5.78 Å². The standard InChI is InChI=1S/C16H19FN2O2/c1-4-13-9-14(19(5-2)18-13)10-21-16-8-12(17)6-7-15(16)11(3)20/h6-9H,4-5,10H2,1-3H3. The first kappa shape index (κ1) is 15.2. The molecule has 0 aliphatic carbocycles. The van der Waals surface area contributed by atoms with Crippen molar-refractivity contribution in [1.29, 1.82) is 0 Å². The van der Waals surface area contributed by atoms with E-state index in [4.69, 9.17) is 4.74 Å². The second-order valence-corrected chi connectivity index (χ2v) is 4.78. The molecule has 112 valence electrons. The minimum absolute atomic E-state index is 0.150. The van der Waals surface area contributed by atoms with E-state index >= 15 is 0 Å². The number of hydrogen-bond acceptors (Lipinski definition) is 3. The van der Waals surface area contributed by atoms with Crippen LogP contribution in [-0.2, 0) is 19.6 Å². The summed E-state index contributed by atoms with van der Waals surface area (Å²) in [5.74, 6) is -0.305. The lowest BCUT2D eigenvalue weighted by molar-refractivity contribution is 0.101. The van der Waals surface area contributed by atoms with Gasteiger partial charge in [0, 0.05) is 12.6 Å². The Bertz CT molecular complexity index is 650. The van der Waals surface area contributed by atoms with Crippen LogP contribution < -0.4 is 4.74 Å². The number of Topliss-reactive ketones (excluding diaryl/α,β-unsaturated/α-hetero) is 1. The molecule has 1 aromatic heterocycles. The third-order valence-corrected chi connectivity index (χ3v) is 3.27. The van der Waals surface area contributed by atoms with Crippen LogP contribution in [0.1, 0.15) is 42.5 Å². The quantitative estimate of drug-likeness (QED) is 0.766. The van der Waals surface area contributed by atoms with Crippen molar-refractivity contribution in [2.75, 3.05) is 0 Å². The van der Waals surface area contributed by atoms with Crippen LogP contribution in [0.3, 0.4) is 0 Å². The molecule has 0 spiro atoms. The molecule has 0 bridgehead atoms. The van der Waals surface area contributed by atoms with E-state index in [0.717, 1.165) is 24.4 Å². The fourth-order valence-corrected chi connectivity index (χ4v) is 2.14. The summed E-state index contributed by atoms with van der Waals surface area (Å²) in [7, 11) is 0. The summed E-state index contributed by atoms with van der Waals surface area (Å²) in [5, 5.41) is 4.43. The SMILES string of the molecule is CCc1cc(COc2cc(F)ccc2C(C)=O)n(CC)n1. The van der Waals surface area contributed by atoms with E-state index in [9.17, 15) is 9.18 Å². The van der Waals surface area contributed by atoms with Gasteiger partial charge in [-0.1, -0.05) is 6.92 Å². The van der Waals surface area contributed by atoms with E-state index < -0.39 is 5.82 Å². The molecule has 0 unspecified atom stereocenters. The maximum absolute atomic E-state index is 13.3. The first-order chi connectivity index (χ1) is 10.0. The number of aryl methyl sites for hydroxylation is 2. The van der Waals surface area contributed by atoms with Crippen LogP contribution in [0.15, 0.2) is 24.3 Å². The minimum atomic E-state index is -0.423. The van der Waals surface area contributed by atoms with Crippen LogP contribution in [0, 0.1) is 5.82 Å². The summed E-state index contributed by atoms with van der Waals surface area (Å²) in [5.41, 5.74) is 2.28. The van der Waals surface area contributed by atoms with Gasteiger partial charge in [-0.05, 0) is 38.5 Å². The second kappa shape index (κ2) is 6.52. The molecule has 0 radical (unpaired) electrons. The number of ether oxygens (including phenoxy) is 1. The van der Waals surface area contributed by atoms with Crippen molar-refractivity contribution in [3.05, 3.63) is 47.0 Å². The monoisotopic (exact) mass is 290 g/mol. The maximum Gasteiger partial charge on any atom is 0.163 e. The van der Waals surface area contributed by atoms with E-state index in [1.54, 1.807) is 0 Å². The van der Waals surface area contributed by atoms with Crippen molar-refractivity contribution in [3.8, 4) is 5.75 Å². The number of ketones is 1. The molecule has 0 fully saturated rings. The molecule has 0 aliphatic rings. The number of benzene rings is 1. The number of nitrogens with zero attached hydrogens (tertiary/aromatic N) is 2. The van der Waals surface area contributed by atoms with Crippen LogP contribution in [0.2, 0.25) is 0 Å². The van der Waals surface area contributed by atoms with Crippen molar-refractivity contribution in [2.45, 2.75) is 40.3 Å². The summed E-state index contributed by atoms with van der Waals surface area (Å²) in [6, 6.07) is 5.91. The van der Waals surface area contributed by atoms with Gasteiger partial charge in [0.1, 0.15) is 18.2 Å². The van der Waals surface area contributed by atoms with Crippen LogP contribution in [0.4, 0.5) is 4.39 Å². The highest BCUT2D eigenvalue weighted by molar-refractivity contribution is 5.96. The molecule has 1 aromatic carbocycles. The molecule has 4 nitrogen and oxygen atoms in total. The molecule has 2 aromatic rings. The Hall–Kier alpha value is -2.17. The summed E-state index contributed by atoms with van der Waals surface area (Å²) in [4.78, 5) is 11.5. The minimum Gasteiger partial charge on any atom is -0.486 e.